The van der Waals surface area contributed by atoms with Crippen molar-refractivity contribution in [3.63, 3.8) is 0 Å². The van der Waals surface area contributed by atoms with Crippen molar-refractivity contribution in [3.05, 3.63) is 96.5 Å². The fourth-order valence-corrected chi connectivity index (χ4v) is 4.21. The fourth-order valence-electron chi connectivity index (χ4n) is 4.21. The van der Waals surface area contributed by atoms with E-state index < -0.39 is 0 Å². The summed E-state index contributed by atoms with van der Waals surface area (Å²) in [5.74, 6) is 0.352. The number of halogens is 1. The topological polar surface area (TPSA) is 71.9 Å². The monoisotopic (exact) mass is 439 g/mol. The number of hydrogen-bond donors (Lipinski definition) is 0. The first kappa shape index (κ1) is 20.9. The predicted octanol–water partition coefficient (Wildman–Crippen LogP) is 4.76. The molecule has 0 unspecified atom stereocenters. The molecule has 0 radical (unpaired) electrons. The minimum atomic E-state index is -0.346. The number of carbonyl (C=O) groups excluding carboxylic acids is 1. The number of benzene rings is 1. The minimum Gasteiger partial charge on any atom is -0.339 e. The van der Waals surface area contributed by atoms with Gasteiger partial charge in [-0.3, -0.25) is 14.8 Å². The first-order valence-electron chi connectivity index (χ1n) is 10.9. The van der Waals surface area contributed by atoms with Crippen molar-refractivity contribution in [2.75, 3.05) is 13.1 Å². The van der Waals surface area contributed by atoms with Crippen molar-refractivity contribution in [1.29, 1.82) is 0 Å². The molecule has 0 saturated carbocycles. The molecule has 164 valence electrons. The van der Waals surface area contributed by atoms with E-state index in [2.05, 4.69) is 15.0 Å². The van der Waals surface area contributed by atoms with Gasteiger partial charge in [0, 0.05) is 54.9 Å². The number of aromatic nitrogens is 4. The minimum absolute atomic E-state index is 0.0698. The number of likely N-dealkylation sites (tertiary alicyclic amines) is 1. The maximum atomic E-state index is 13.2. The molecule has 6 nitrogen and oxygen atoms in total. The third kappa shape index (κ3) is 4.48. The number of rotatable bonds is 4. The van der Waals surface area contributed by atoms with Gasteiger partial charge in [0.2, 0.25) is 0 Å². The zero-order valence-corrected chi connectivity index (χ0v) is 17.9. The van der Waals surface area contributed by atoms with Crippen LogP contribution in [0.5, 0.6) is 0 Å². The maximum absolute atomic E-state index is 13.2. The van der Waals surface area contributed by atoms with Gasteiger partial charge in [-0.1, -0.05) is 6.07 Å². The smallest absolute Gasteiger partial charge is 0.253 e. The molecule has 7 heteroatoms. The molecule has 1 saturated heterocycles. The Balaban J connectivity index is 1.42. The van der Waals surface area contributed by atoms with Gasteiger partial charge in [0.05, 0.1) is 5.69 Å². The van der Waals surface area contributed by atoms with Crippen molar-refractivity contribution in [2.24, 2.45) is 0 Å². The Morgan fingerprint density at radius 1 is 0.909 bits per heavy atom. The lowest BCUT2D eigenvalue weighted by atomic mass is 9.88. The summed E-state index contributed by atoms with van der Waals surface area (Å²) in [6.45, 7) is 1.22. The Morgan fingerprint density at radius 2 is 1.67 bits per heavy atom. The average molecular weight is 439 g/mol. The first-order chi connectivity index (χ1) is 16.2. The van der Waals surface area contributed by atoms with Gasteiger partial charge in [0.25, 0.3) is 5.91 Å². The summed E-state index contributed by atoms with van der Waals surface area (Å²) in [6, 6.07) is 15.3. The van der Waals surface area contributed by atoms with Crippen LogP contribution in [0.4, 0.5) is 4.39 Å². The molecule has 5 rings (SSSR count). The number of amides is 1. The number of piperidine rings is 1. The molecular formula is C26H22FN5O. The van der Waals surface area contributed by atoms with Gasteiger partial charge in [-0.25, -0.2) is 14.4 Å². The number of pyridine rings is 2. The molecule has 1 aliphatic heterocycles. The van der Waals surface area contributed by atoms with E-state index in [4.69, 9.17) is 4.98 Å². The van der Waals surface area contributed by atoms with Crippen LogP contribution in [-0.2, 0) is 0 Å². The SMILES string of the molecule is O=C(c1ccc(F)cc1)N1CCC(c2nc(-c3ccccn3)ncc2-c2ccncc2)CC1. The van der Waals surface area contributed by atoms with E-state index in [1.165, 1.54) is 24.3 Å². The van der Waals surface area contributed by atoms with Crippen molar-refractivity contribution < 1.29 is 9.18 Å². The third-order valence-electron chi connectivity index (χ3n) is 5.96. The molecular weight excluding hydrogens is 417 g/mol. The van der Waals surface area contributed by atoms with E-state index >= 15 is 0 Å². The molecule has 1 aromatic carbocycles. The Labute approximate surface area is 191 Å². The summed E-state index contributed by atoms with van der Waals surface area (Å²) < 4.78 is 13.2. The zero-order chi connectivity index (χ0) is 22.6. The summed E-state index contributed by atoms with van der Waals surface area (Å²) in [4.78, 5) is 32.7. The van der Waals surface area contributed by atoms with Crippen molar-refractivity contribution >= 4 is 5.91 Å². The summed E-state index contributed by atoms with van der Waals surface area (Å²) in [5, 5.41) is 0. The molecule has 0 spiro atoms. The van der Waals surface area contributed by atoms with E-state index in [1.807, 2.05) is 41.4 Å². The second-order valence-corrected chi connectivity index (χ2v) is 8.02. The molecule has 1 amide bonds. The second-order valence-electron chi connectivity index (χ2n) is 8.02. The highest BCUT2D eigenvalue weighted by molar-refractivity contribution is 5.94. The summed E-state index contributed by atoms with van der Waals surface area (Å²) >= 11 is 0. The second kappa shape index (κ2) is 9.24. The van der Waals surface area contributed by atoms with Gasteiger partial charge in [-0.15, -0.1) is 0 Å². The highest BCUT2D eigenvalue weighted by atomic mass is 19.1. The average Bonchev–Trinajstić information content (AvgIpc) is 2.89. The lowest BCUT2D eigenvalue weighted by molar-refractivity contribution is 0.0712. The van der Waals surface area contributed by atoms with Crippen molar-refractivity contribution in [3.8, 4) is 22.6 Å². The van der Waals surface area contributed by atoms with Crippen LogP contribution in [0.2, 0.25) is 0 Å². The molecule has 4 heterocycles. The van der Waals surface area contributed by atoms with Gasteiger partial charge >= 0.3 is 0 Å². The molecule has 0 aliphatic carbocycles. The molecule has 4 aromatic rings. The molecule has 0 N–H and O–H groups in total. The molecule has 33 heavy (non-hydrogen) atoms. The van der Waals surface area contributed by atoms with Crippen molar-refractivity contribution in [2.45, 2.75) is 18.8 Å². The molecule has 1 aliphatic rings. The van der Waals surface area contributed by atoms with Gasteiger partial charge < -0.3 is 4.90 Å². The van der Waals surface area contributed by atoms with E-state index in [0.29, 0.717) is 24.5 Å². The van der Waals surface area contributed by atoms with E-state index in [1.54, 1.807) is 18.6 Å². The summed E-state index contributed by atoms with van der Waals surface area (Å²) in [5.41, 5.74) is 4.18. The standard InChI is InChI=1S/C26H22FN5O/c27-21-6-4-20(5-7-21)26(33)32-15-10-19(11-16-32)24-22(18-8-13-28-14-9-18)17-30-25(31-24)23-3-1-2-12-29-23/h1-9,12-14,17,19H,10-11,15-16H2. The van der Waals surface area contributed by atoms with Gasteiger partial charge in [0.1, 0.15) is 11.5 Å². The van der Waals surface area contributed by atoms with Crippen LogP contribution in [0.25, 0.3) is 22.6 Å². The van der Waals surface area contributed by atoms with Crippen LogP contribution in [0.1, 0.15) is 34.8 Å². The third-order valence-corrected chi connectivity index (χ3v) is 5.96. The molecule has 0 atom stereocenters. The molecule has 1 fully saturated rings. The van der Waals surface area contributed by atoms with Crippen LogP contribution in [-0.4, -0.2) is 43.8 Å². The Morgan fingerprint density at radius 3 is 2.36 bits per heavy atom. The normalized spacial score (nSPS) is 14.3. The number of hydrogen-bond acceptors (Lipinski definition) is 5. The van der Waals surface area contributed by atoms with Crippen molar-refractivity contribution in [1.82, 2.24) is 24.8 Å². The summed E-state index contributed by atoms with van der Waals surface area (Å²) in [7, 11) is 0. The number of nitrogens with zero attached hydrogens (tertiary/aromatic N) is 5. The highest BCUT2D eigenvalue weighted by Gasteiger charge is 2.28. The van der Waals surface area contributed by atoms with Crippen LogP contribution in [0, 0.1) is 5.82 Å². The number of carbonyl (C=O) groups is 1. The van der Waals surface area contributed by atoms with E-state index in [0.717, 1.165) is 35.4 Å². The Kier molecular flexibility index (Phi) is 5.85. The van der Waals surface area contributed by atoms with Gasteiger partial charge in [-0.2, -0.15) is 0 Å². The first-order valence-corrected chi connectivity index (χ1v) is 10.9. The van der Waals surface area contributed by atoms with Crippen LogP contribution in [0.15, 0.2) is 79.4 Å². The largest absolute Gasteiger partial charge is 0.339 e. The summed E-state index contributed by atoms with van der Waals surface area (Å²) in [6.07, 6.45) is 8.67. The lowest BCUT2D eigenvalue weighted by Crippen LogP contribution is -2.38. The quantitative estimate of drug-likeness (QED) is 0.459. The molecule has 3 aromatic heterocycles. The predicted molar refractivity (Wildman–Crippen MR) is 123 cm³/mol. The Hall–Kier alpha value is -4.00. The highest BCUT2D eigenvalue weighted by Crippen LogP contribution is 2.35. The van der Waals surface area contributed by atoms with E-state index in [9.17, 15) is 9.18 Å². The molecule has 0 bridgehead atoms. The zero-order valence-electron chi connectivity index (χ0n) is 17.9. The van der Waals surface area contributed by atoms with Crippen LogP contribution < -0.4 is 0 Å². The lowest BCUT2D eigenvalue weighted by Gasteiger charge is -2.32. The fraction of sp³-hybridized carbons (Fsp3) is 0.192. The van der Waals surface area contributed by atoms with E-state index in [-0.39, 0.29) is 17.6 Å². The van der Waals surface area contributed by atoms with Gasteiger partial charge in [0.15, 0.2) is 5.82 Å². The Bertz CT molecular complexity index is 1240. The van der Waals surface area contributed by atoms with Crippen LogP contribution >= 0.6 is 0 Å². The maximum Gasteiger partial charge on any atom is 0.253 e. The van der Waals surface area contributed by atoms with Gasteiger partial charge in [-0.05, 0) is 66.9 Å². The van der Waals surface area contributed by atoms with Crippen LogP contribution in [0.3, 0.4) is 0 Å².